The molecule has 0 aliphatic carbocycles. The van der Waals surface area contributed by atoms with E-state index in [0.29, 0.717) is 12.6 Å². The molecule has 0 aromatic heterocycles. The van der Waals surface area contributed by atoms with Crippen LogP contribution in [0.1, 0.15) is 12.5 Å². The average Bonchev–Trinajstić information content (AvgIpc) is 2.24. The van der Waals surface area contributed by atoms with Crippen LogP contribution in [0.4, 0.5) is 5.69 Å². The molecule has 0 fully saturated rings. The van der Waals surface area contributed by atoms with E-state index in [-0.39, 0.29) is 0 Å². The largest absolute Gasteiger partial charge is 0.383 e. The highest BCUT2D eigenvalue weighted by Crippen LogP contribution is 2.24. The predicted molar refractivity (Wildman–Crippen MR) is 73.6 cm³/mol. The summed E-state index contributed by atoms with van der Waals surface area (Å²) in [7, 11) is 1.71. The summed E-state index contributed by atoms with van der Waals surface area (Å²) in [6, 6.07) is 6.34. The summed E-state index contributed by atoms with van der Waals surface area (Å²) in [5, 5.41) is 4.21. The van der Waals surface area contributed by atoms with Crippen molar-refractivity contribution in [2.45, 2.75) is 18.7 Å². The summed E-state index contributed by atoms with van der Waals surface area (Å²) in [5.74, 6) is 0.938. The lowest BCUT2D eigenvalue weighted by Gasteiger charge is -2.15. The van der Waals surface area contributed by atoms with Gasteiger partial charge < -0.3 is 10.1 Å². The van der Waals surface area contributed by atoms with Crippen molar-refractivity contribution in [1.29, 1.82) is 0 Å². The third kappa shape index (κ3) is 4.24. The first-order valence-corrected chi connectivity index (χ1v) is 6.97. The summed E-state index contributed by atoms with van der Waals surface area (Å²) in [6.45, 7) is 2.78. The molecule has 1 rings (SSSR count). The fourth-order valence-corrected chi connectivity index (χ4v) is 2.32. The summed E-state index contributed by atoms with van der Waals surface area (Å²) >= 11 is 7.88. The zero-order chi connectivity index (χ0) is 12.0. The van der Waals surface area contributed by atoms with Crippen LogP contribution in [-0.2, 0) is 10.5 Å². The number of ether oxygens (including phenoxy) is 1. The molecule has 1 aromatic rings. The van der Waals surface area contributed by atoms with E-state index in [9.17, 15) is 0 Å². The molecule has 0 amide bonds. The molecule has 0 radical (unpaired) electrons. The molecule has 90 valence electrons. The molecule has 2 nitrogen and oxygen atoms in total. The fraction of sp³-hybridized carbons (Fsp3) is 0.500. The van der Waals surface area contributed by atoms with Gasteiger partial charge in [0.25, 0.3) is 0 Å². The van der Waals surface area contributed by atoms with Gasteiger partial charge in [0.15, 0.2) is 0 Å². The Morgan fingerprint density at radius 2 is 2.25 bits per heavy atom. The van der Waals surface area contributed by atoms with Crippen LogP contribution in [0.5, 0.6) is 0 Å². The molecule has 1 N–H and O–H groups in total. The van der Waals surface area contributed by atoms with Crippen molar-refractivity contribution in [2.24, 2.45) is 0 Å². The maximum absolute atomic E-state index is 6.11. The standard InChI is InChI=1S/C12H18ClNOS/c1-9(7-15-2)14-11-4-5-12(13)10(6-11)8-16-3/h4-6,9,14H,7-8H2,1-3H3. The van der Waals surface area contributed by atoms with Gasteiger partial charge in [-0.05, 0) is 36.9 Å². The van der Waals surface area contributed by atoms with Crippen LogP contribution in [0.15, 0.2) is 18.2 Å². The number of halogens is 1. The van der Waals surface area contributed by atoms with Gasteiger partial charge in [0.2, 0.25) is 0 Å². The van der Waals surface area contributed by atoms with Crippen LogP contribution < -0.4 is 5.32 Å². The number of hydrogen-bond donors (Lipinski definition) is 1. The van der Waals surface area contributed by atoms with Crippen LogP contribution in [0.3, 0.4) is 0 Å². The van der Waals surface area contributed by atoms with Gasteiger partial charge in [-0.3, -0.25) is 0 Å². The van der Waals surface area contributed by atoms with E-state index in [1.54, 1.807) is 18.9 Å². The van der Waals surface area contributed by atoms with E-state index >= 15 is 0 Å². The van der Waals surface area contributed by atoms with Crippen molar-refractivity contribution in [2.75, 3.05) is 25.3 Å². The topological polar surface area (TPSA) is 21.3 Å². The number of rotatable bonds is 6. The molecule has 1 unspecified atom stereocenters. The van der Waals surface area contributed by atoms with Gasteiger partial charge in [-0.25, -0.2) is 0 Å². The van der Waals surface area contributed by atoms with Gasteiger partial charge in [0, 0.05) is 29.6 Å². The predicted octanol–water partition coefficient (Wildman–Crippen LogP) is 3.65. The molecule has 0 spiro atoms. The summed E-state index contributed by atoms with van der Waals surface area (Å²) in [5.41, 5.74) is 2.27. The molecule has 0 aliphatic heterocycles. The Hall–Kier alpha value is -0.380. The second kappa shape index (κ2) is 7.05. The number of nitrogens with one attached hydrogen (secondary N) is 1. The normalized spacial score (nSPS) is 12.5. The molecule has 0 saturated heterocycles. The van der Waals surface area contributed by atoms with Gasteiger partial charge >= 0.3 is 0 Å². The molecule has 0 aliphatic rings. The number of anilines is 1. The lowest BCUT2D eigenvalue weighted by Crippen LogP contribution is -2.20. The minimum absolute atomic E-state index is 0.299. The molecule has 0 bridgehead atoms. The minimum Gasteiger partial charge on any atom is -0.383 e. The zero-order valence-electron chi connectivity index (χ0n) is 9.92. The number of hydrogen-bond acceptors (Lipinski definition) is 3. The first kappa shape index (κ1) is 13.7. The lowest BCUT2D eigenvalue weighted by molar-refractivity contribution is 0.190. The second-order valence-corrected chi connectivity index (χ2v) is 5.01. The van der Waals surface area contributed by atoms with Crippen LogP contribution in [0.25, 0.3) is 0 Å². The second-order valence-electron chi connectivity index (χ2n) is 3.74. The van der Waals surface area contributed by atoms with Crippen LogP contribution in [0, 0.1) is 0 Å². The highest BCUT2D eigenvalue weighted by atomic mass is 35.5. The highest BCUT2D eigenvalue weighted by molar-refractivity contribution is 7.97. The number of methoxy groups -OCH3 is 1. The van der Waals surface area contributed by atoms with Gasteiger partial charge in [-0.1, -0.05) is 11.6 Å². The molecule has 4 heteroatoms. The third-order valence-electron chi connectivity index (χ3n) is 2.18. The van der Waals surface area contributed by atoms with Crippen LogP contribution in [0.2, 0.25) is 5.02 Å². The maximum atomic E-state index is 6.11. The Balaban J connectivity index is 2.70. The Labute approximate surface area is 107 Å². The Morgan fingerprint density at radius 1 is 1.50 bits per heavy atom. The van der Waals surface area contributed by atoms with Gasteiger partial charge in [-0.15, -0.1) is 0 Å². The SMILES string of the molecule is COCC(C)Nc1ccc(Cl)c(CSC)c1. The molecule has 0 heterocycles. The van der Waals surface area contributed by atoms with Crippen molar-refractivity contribution < 1.29 is 4.74 Å². The van der Waals surface area contributed by atoms with E-state index < -0.39 is 0 Å². The van der Waals surface area contributed by atoms with Gasteiger partial charge in [0.05, 0.1) is 6.61 Å². The van der Waals surface area contributed by atoms with E-state index in [2.05, 4.69) is 24.6 Å². The van der Waals surface area contributed by atoms with E-state index in [4.69, 9.17) is 16.3 Å². The Morgan fingerprint density at radius 3 is 2.88 bits per heavy atom. The van der Waals surface area contributed by atoms with E-state index in [0.717, 1.165) is 16.5 Å². The molecule has 1 atom stereocenters. The molecular weight excluding hydrogens is 242 g/mol. The van der Waals surface area contributed by atoms with Gasteiger partial charge in [0.1, 0.15) is 0 Å². The maximum Gasteiger partial charge on any atom is 0.0661 e. The van der Waals surface area contributed by atoms with Crippen LogP contribution in [-0.4, -0.2) is 26.0 Å². The number of thioether (sulfide) groups is 1. The van der Waals surface area contributed by atoms with Crippen molar-refractivity contribution >= 4 is 29.1 Å². The Kier molecular flexibility index (Phi) is 6.03. The number of benzene rings is 1. The average molecular weight is 260 g/mol. The van der Waals surface area contributed by atoms with E-state index in [1.807, 2.05) is 12.1 Å². The molecule has 0 saturated carbocycles. The molecule has 1 aromatic carbocycles. The van der Waals surface area contributed by atoms with Crippen molar-refractivity contribution in [3.8, 4) is 0 Å². The van der Waals surface area contributed by atoms with Crippen molar-refractivity contribution in [1.82, 2.24) is 0 Å². The van der Waals surface area contributed by atoms with Crippen molar-refractivity contribution in [3.05, 3.63) is 28.8 Å². The lowest BCUT2D eigenvalue weighted by atomic mass is 10.2. The quantitative estimate of drug-likeness (QED) is 0.843. The minimum atomic E-state index is 0.299. The highest BCUT2D eigenvalue weighted by Gasteiger charge is 2.04. The fourth-order valence-electron chi connectivity index (χ4n) is 1.51. The third-order valence-corrected chi connectivity index (χ3v) is 3.14. The van der Waals surface area contributed by atoms with Crippen molar-refractivity contribution in [3.63, 3.8) is 0 Å². The Bertz CT molecular complexity index is 333. The van der Waals surface area contributed by atoms with Gasteiger partial charge in [-0.2, -0.15) is 11.8 Å². The summed E-state index contributed by atoms with van der Waals surface area (Å²) in [6.07, 6.45) is 2.07. The smallest absolute Gasteiger partial charge is 0.0661 e. The first-order chi connectivity index (χ1) is 7.67. The van der Waals surface area contributed by atoms with E-state index in [1.165, 1.54) is 5.56 Å². The summed E-state index contributed by atoms with van der Waals surface area (Å²) < 4.78 is 5.08. The monoisotopic (exact) mass is 259 g/mol. The zero-order valence-corrected chi connectivity index (χ0v) is 11.5. The molecular formula is C12H18ClNOS. The molecule has 16 heavy (non-hydrogen) atoms. The summed E-state index contributed by atoms with van der Waals surface area (Å²) in [4.78, 5) is 0. The first-order valence-electron chi connectivity index (χ1n) is 5.20. The van der Waals surface area contributed by atoms with Crippen LogP contribution >= 0.6 is 23.4 Å².